The fourth-order valence-electron chi connectivity index (χ4n) is 6.90. The van der Waals surface area contributed by atoms with Gasteiger partial charge in [0.05, 0.1) is 38.3 Å². The van der Waals surface area contributed by atoms with Crippen molar-refractivity contribution >= 4 is 23.8 Å². The van der Waals surface area contributed by atoms with Gasteiger partial charge in [-0.3, -0.25) is 19.2 Å². The van der Waals surface area contributed by atoms with Gasteiger partial charge in [0.25, 0.3) is 0 Å². The summed E-state index contributed by atoms with van der Waals surface area (Å²) >= 11 is 0. The molecule has 41 heavy (non-hydrogen) atoms. The van der Waals surface area contributed by atoms with Gasteiger partial charge in [0.2, 0.25) is 11.8 Å². The number of amides is 2. The summed E-state index contributed by atoms with van der Waals surface area (Å²) in [5.41, 5.74) is 6.16. The van der Waals surface area contributed by atoms with E-state index in [1.54, 1.807) is 0 Å². The molecule has 0 aromatic carbocycles. The highest BCUT2D eigenvalue weighted by Gasteiger charge is 2.50. The molecule has 2 aliphatic carbocycles. The van der Waals surface area contributed by atoms with E-state index in [-0.39, 0.29) is 65.5 Å². The zero-order valence-corrected chi connectivity index (χ0v) is 26.4. The molecule has 2 fully saturated rings. The number of carbonyl (C=O) groups excluding carboxylic acids is 4. The molecule has 0 aromatic heterocycles. The smallest absolute Gasteiger partial charge is 0.311 e. The van der Waals surface area contributed by atoms with Crippen LogP contribution in [0.4, 0.5) is 0 Å². The molecule has 2 amide bonds. The van der Waals surface area contributed by atoms with E-state index >= 15 is 0 Å². The summed E-state index contributed by atoms with van der Waals surface area (Å²) in [6.07, 6.45) is 2.00. The highest BCUT2D eigenvalue weighted by Crippen LogP contribution is 2.41. The molecule has 0 aromatic rings. The summed E-state index contributed by atoms with van der Waals surface area (Å²) in [5.74, 6) is -1.96. The maximum atomic E-state index is 11.7. The van der Waals surface area contributed by atoms with Gasteiger partial charge < -0.3 is 36.1 Å². The Hall–Kier alpha value is -2.24. The number of carbonyl (C=O) groups is 4. The van der Waals surface area contributed by atoms with Crippen LogP contribution in [-0.2, 0) is 28.7 Å². The van der Waals surface area contributed by atoms with Crippen LogP contribution >= 0.6 is 0 Å². The predicted octanol–water partition coefficient (Wildman–Crippen LogP) is 1.77. The van der Waals surface area contributed by atoms with E-state index in [1.807, 2.05) is 20.8 Å². The average molecular weight is 586 g/mol. The van der Waals surface area contributed by atoms with E-state index in [0.29, 0.717) is 12.8 Å². The van der Waals surface area contributed by atoms with E-state index in [4.69, 9.17) is 15.2 Å². The van der Waals surface area contributed by atoms with Crippen LogP contribution in [0.15, 0.2) is 0 Å². The molecule has 6 N–H and O–H groups in total. The molecule has 11 atom stereocenters. The van der Waals surface area contributed by atoms with Gasteiger partial charge in [-0.15, -0.1) is 0 Å². The molecular formula is C30H55N3O8. The fraction of sp³-hybridized carbons (Fsp3) is 0.867. The molecule has 0 heterocycles. The van der Waals surface area contributed by atoms with Crippen LogP contribution < -0.4 is 16.4 Å². The number of nitrogens with two attached hydrogens (primary N) is 1. The number of nitrogens with one attached hydrogen (secondary N) is 2. The first-order chi connectivity index (χ1) is 19.2. The van der Waals surface area contributed by atoms with Crippen LogP contribution in [0.2, 0.25) is 0 Å². The number of esters is 2. The summed E-state index contributed by atoms with van der Waals surface area (Å²) in [6, 6.07) is -0.670. The Morgan fingerprint density at radius 3 is 1.66 bits per heavy atom. The normalized spacial score (nSPS) is 31.3. The Bertz CT molecular complexity index is 867. The SMILES string of the molecule is CCC(C)[C@H](NC(C)=O)[C@@H]1[C@H](O)[C@@H](C(=O)OC)C[C@H]1C.CCC(CC)[C@H](NC(C)=O)[C@@H]1[C@H](O)[C@@H](C(=O)OC)C[C@H]1N. The number of aliphatic hydroxyl groups excluding tert-OH is 2. The third-order valence-corrected chi connectivity index (χ3v) is 9.31. The van der Waals surface area contributed by atoms with Crippen LogP contribution in [-0.4, -0.2) is 78.5 Å². The molecule has 0 spiro atoms. The molecule has 0 saturated heterocycles. The van der Waals surface area contributed by atoms with E-state index < -0.39 is 30.0 Å². The third-order valence-electron chi connectivity index (χ3n) is 9.31. The van der Waals surface area contributed by atoms with Crippen molar-refractivity contribution in [1.82, 2.24) is 10.6 Å². The molecule has 238 valence electrons. The molecule has 1 unspecified atom stereocenters. The molecule has 0 bridgehead atoms. The first-order valence-corrected chi connectivity index (χ1v) is 15.0. The topological polar surface area (TPSA) is 177 Å². The molecule has 0 radical (unpaired) electrons. The van der Waals surface area contributed by atoms with Crippen molar-refractivity contribution in [3.63, 3.8) is 0 Å². The molecule has 11 nitrogen and oxygen atoms in total. The van der Waals surface area contributed by atoms with Crippen molar-refractivity contribution < 1.29 is 38.9 Å². The van der Waals surface area contributed by atoms with Crippen molar-refractivity contribution in [3.05, 3.63) is 0 Å². The number of hydrogen-bond donors (Lipinski definition) is 5. The molecule has 0 aliphatic heterocycles. The molecule has 2 aliphatic rings. The summed E-state index contributed by atoms with van der Waals surface area (Å²) in [6.45, 7) is 13.2. The second-order valence-corrected chi connectivity index (χ2v) is 11.9. The Labute approximate surface area is 245 Å². The quantitative estimate of drug-likeness (QED) is 0.226. The van der Waals surface area contributed by atoms with Crippen molar-refractivity contribution in [2.75, 3.05) is 14.2 Å². The van der Waals surface area contributed by atoms with Gasteiger partial charge >= 0.3 is 11.9 Å². The van der Waals surface area contributed by atoms with E-state index in [0.717, 1.165) is 19.3 Å². The Kier molecular flexibility index (Phi) is 15.3. The van der Waals surface area contributed by atoms with Crippen molar-refractivity contribution in [2.45, 2.75) is 111 Å². The standard InChI is InChI=1S/C15H28N2O4.C15H27NO4/c1-5-9(6-2)13(17-8(3)18)12-11(16)7-10(14(12)19)15(20)21-4;1-6-8(2)13(16-10(4)17)12-9(3)7-11(14(12)18)15(19)20-5/h9-14,19H,5-7,16H2,1-4H3,(H,17,18);8-9,11-14,18H,6-7H2,1-5H3,(H,16,17)/t10-,11+,12+,13-,14+;8?,9-,11+,12-,13+,14-/m01/s1. The van der Waals surface area contributed by atoms with Crippen molar-refractivity contribution in [2.24, 2.45) is 47.2 Å². The zero-order valence-electron chi connectivity index (χ0n) is 26.4. The van der Waals surface area contributed by atoms with Gasteiger partial charge in [-0.1, -0.05) is 53.9 Å². The van der Waals surface area contributed by atoms with Gasteiger partial charge in [0.1, 0.15) is 0 Å². The molecule has 2 saturated carbocycles. The van der Waals surface area contributed by atoms with Gasteiger partial charge in [-0.25, -0.2) is 0 Å². The van der Waals surface area contributed by atoms with Gasteiger partial charge in [0.15, 0.2) is 0 Å². The summed E-state index contributed by atoms with van der Waals surface area (Å²) in [5, 5.41) is 26.9. The minimum atomic E-state index is -0.884. The largest absolute Gasteiger partial charge is 0.469 e. The lowest BCUT2D eigenvalue weighted by atomic mass is 9.80. The van der Waals surface area contributed by atoms with Crippen LogP contribution in [0.25, 0.3) is 0 Å². The maximum absolute atomic E-state index is 11.7. The van der Waals surface area contributed by atoms with Crippen LogP contribution in [0, 0.1) is 41.4 Å². The fourth-order valence-corrected chi connectivity index (χ4v) is 6.90. The first kappa shape index (κ1) is 36.8. The van der Waals surface area contributed by atoms with Crippen molar-refractivity contribution in [1.29, 1.82) is 0 Å². The van der Waals surface area contributed by atoms with Crippen LogP contribution in [0.1, 0.15) is 80.6 Å². The van der Waals surface area contributed by atoms with Gasteiger partial charge in [0, 0.05) is 43.8 Å². The van der Waals surface area contributed by atoms with Gasteiger partial charge in [-0.2, -0.15) is 0 Å². The molecule has 11 heteroatoms. The summed E-state index contributed by atoms with van der Waals surface area (Å²) < 4.78 is 9.50. The summed E-state index contributed by atoms with van der Waals surface area (Å²) in [4.78, 5) is 46.4. The second kappa shape index (κ2) is 17.0. The second-order valence-electron chi connectivity index (χ2n) is 11.9. The molecule has 2 rings (SSSR count). The van der Waals surface area contributed by atoms with Gasteiger partial charge in [-0.05, 0) is 30.6 Å². The van der Waals surface area contributed by atoms with E-state index in [9.17, 15) is 29.4 Å². The van der Waals surface area contributed by atoms with Crippen LogP contribution in [0.3, 0.4) is 0 Å². The third kappa shape index (κ3) is 9.38. The maximum Gasteiger partial charge on any atom is 0.311 e. The Balaban J connectivity index is 0.000000410. The number of rotatable bonds is 11. The first-order valence-electron chi connectivity index (χ1n) is 15.0. The Morgan fingerprint density at radius 2 is 1.24 bits per heavy atom. The highest BCUT2D eigenvalue weighted by molar-refractivity contribution is 5.75. The molecular weight excluding hydrogens is 530 g/mol. The lowest BCUT2D eigenvalue weighted by Gasteiger charge is -2.35. The van der Waals surface area contributed by atoms with Crippen molar-refractivity contribution in [3.8, 4) is 0 Å². The number of ether oxygens (including phenoxy) is 2. The van der Waals surface area contributed by atoms with Crippen LogP contribution in [0.5, 0.6) is 0 Å². The lowest BCUT2D eigenvalue weighted by Crippen LogP contribution is -2.52. The average Bonchev–Trinajstić information content (AvgIpc) is 3.39. The minimum absolute atomic E-state index is 0.101. The minimum Gasteiger partial charge on any atom is -0.469 e. The monoisotopic (exact) mass is 585 g/mol. The highest BCUT2D eigenvalue weighted by atomic mass is 16.5. The van der Waals surface area contributed by atoms with E-state index in [1.165, 1.54) is 28.1 Å². The summed E-state index contributed by atoms with van der Waals surface area (Å²) in [7, 11) is 2.65. The zero-order chi connectivity index (χ0) is 31.6. The predicted molar refractivity (Wildman–Crippen MR) is 155 cm³/mol. The van der Waals surface area contributed by atoms with E-state index in [2.05, 4.69) is 24.5 Å². The lowest BCUT2D eigenvalue weighted by molar-refractivity contribution is -0.150. The Morgan fingerprint density at radius 1 is 0.805 bits per heavy atom. The number of hydrogen-bond acceptors (Lipinski definition) is 9. The number of methoxy groups -OCH3 is 2. The number of aliphatic hydroxyl groups is 2.